The summed E-state index contributed by atoms with van der Waals surface area (Å²) in [5, 5.41) is 2.79. The zero-order valence-electron chi connectivity index (χ0n) is 15.8. The highest BCUT2D eigenvalue weighted by Gasteiger charge is 2.16. The Kier molecular flexibility index (Phi) is 6.38. The zero-order chi connectivity index (χ0) is 20.2. The molecule has 2 rings (SSSR count). The third-order valence-electron chi connectivity index (χ3n) is 4.02. The summed E-state index contributed by atoms with van der Waals surface area (Å²) in [6.07, 6.45) is 1.05. The van der Waals surface area contributed by atoms with Crippen LogP contribution in [0.4, 0.5) is 5.69 Å². The fraction of sp³-hybridized carbons (Fsp3) is 0.300. The maximum atomic E-state index is 12.2. The number of hydrogen-bond acceptors (Lipinski definition) is 5. The van der Waals surface area contributed by atoms with Gasteiger partial charge < -0.3 is 10.1 Å². The minimum absolute atomic E-state index is 0.0166. The Hall–Kier alpha value is -2.67. The summed E-state index contributed by atoms with van der Waals surface area (Å²) < 4.78 is 28.2. The van der Waals surface area contributed by atoms with Crippen LogP contribution in [-0.2, 0) is 19.4 Å². The number of nitrogens with one attached hydrogen (secondary N) is 1. The maximum Gasteiger partial charge on any atom is 0.338 e. The van der Waals surface area contributed by atoms with Gasteiger partial charge in [-0.3, -0.25) is 4.79 Å². The summed E-state index contributed by atoms with van der Waals surface area (Å²) in [5.41, 5.74) is 2.70. The molecule has 0 aliphatic heterocycles. The monoisotopic (exact) mass is 389 g/mol. The number of rotatable bonds is 6. The van der Waals surface area contributed by atoms with Gasteiger partial charge in [-0.1, -0.05) is 38.1 Å². The highest BCUT2D eigenvalue weighted by molar-refractivity contribution is 7.90. The number of para-hydroxylation sites is 1. The van der Waals surface area contributed by atoms with Crippen molar-refractivity contribution in [1.29, 1.82) is 0 Å². The Morgan fingerprint density at radius 2 is 1.78 bits per heavy atom. The normalized spacial score (nSPS) is 11.3. The highest BCUT2D eigenvalue weighted by atomic mass is 32.2. The lowest BCUT2D eigenvalue weighted by Crippen LogP contribution is -2.22. The van der Waals surface area contributed by atoms with Crippen LogP contribution in [-0.4, -0.2) is 33.2 Å². The number of sulfone groups is 1. The third-order valence-corrected chi connectivity index (χ3v) is 5.13. The summed E-state index contributed by atoms with van der Waals surface area (Å²) in [4.78, 5) is 24.4. The molecule has 144 valence electrons. The van der Waals surface area contributed by atoms with Crippen molar-refractivity contribution >= 4 is 27.4 Å². The molecule has 0 spiro atoms. The first-order valence-electron chi connectivity index (χ1n) is 8.46. The maximum absolute atomic E-state index is 12.2. The van der Waals surface area contributed by atoms with Crippen LogP contribution < -0.4 is 5.32 Å². The average molecular weight is 389 g/mol. The summed E-state index contributed by atoms with van der Waals surface area (Å²) in [5.74, 6) is -0.996. The van der Waals surface area contributed by atoms with Crippen LogP contribution >= 0.6 is 0 Å². The molecule has 0 unspecified atom stereocenters. The fourth-order valence-corrected chi connectivity index (χ4v) is 3.25. The molecule has 0 heterocycles. The number of ether oxygens (including phenoxy) is 1. The zero-order valence-corrected chi connectivity index (χ0v) is 16.6. The van der Waals surface area contributed by atoms with Gasteiger partial charge in [0.2, 0.25) is 0 Å². The van der Waals surface area contributed by atoms with Crippen molar-refractivity contribution in [1.82, 2.24) is 0 Å². The van der Waals surface area contributed by atoms with Crippen molar-refractivity contribution in [2.75, 3.05) is 18.2 Å². The van der Waals surface area contributed by atoms with E-state index in [1.54, 1.807) is 0 Å². The summed E-state index contributed by atoms with van der Waals surface area (Å²) >= 11 is 0. The highest BCUT2D eigenvalue weighted by Crippen LogP contribution is 2.27. The molecule has 2 aromatic rings. The molecule has 1 N–H and O–H groups in total. The molecule has 2 aromatic carbocycles. The molecule has 0 aliphatic rings. The lowest BCUT2D eigenvalue weighted by atomic mass is 9.98. The van der Waals surface area contributed by atoms with Crippen molar-refractivity contribution in [2.45, 2.75) is 31.6 Å². The van der Waals surface area contributed by atoms with E-state index in [9.17, 15) is 18.0 Å². The smallest absolute Gasteiger partial charge is 0.338 e. The predicted octanol–water partition coefficient (Wildman–Crippen LogP) is 3.32. The van der Waals surface area contributed by atoms with E-state index in [0.717, 1.165) is 17.4 Å². The minimum atomic E-state index is -3.44. The SMILES string of the molecule is Cc1cccc(C(C)C)c1NC(=O)COC(=O)c1cccc(S(C)(=O)=O)c1. The van der Waals surface area contributed by atoms with Crippen LogP contribution in [0.2, 0.25) is 0 Å². The molecule has 0 radical (unpaired) electrons. The summed E-state index contributed by atoms with van der Waals surface area (Å²) in [6, 6.07) is 11.3. The fourth-order valence-electron chi connectivity index (χ4n) is 2.59. The van der Waals surface area contributed by atoms with Crippen molar-refractivity contribution < 1.29 is 22.7 Å². The molecule has 7 heteroatoms. The van der Waals surface area contributed by atoms with Gasteiger partial charge in [0.1, 0.15) is 0 Å². The molecule has 0 atom stereocenters. The number of benzene rings is 2. The molecular formula is C20H23NO5S. The van der Waals surface area contributed by atoms with E-state index in [4.69, 9.17) is 4.74 Å². The second-order valence-corrected chi connectivity index (χ2v) is 8.63. The van der Waals surface area contributed by atoms with Gasteiger partial charge in [-0.05, 0) is 42.2 Å². The van der Waals surface area contributed by atoms with Crippen molar-refractivity contribution in [3.63, 3.8) is 0 Å². The van der Waals surface area contributed by atoms with E-state index in [0.29, 0.717) is 5.69 Å². The second kappa shape index (κ2) is 8.35. The van der Waals surface area contributed by atoms with Crippen molar-refractivity contribution in [3.05, 3.63) is 59.2 Å². The standard InChI is InChI=1S/C20H23NO5S/c1-13(2)17-10-5-7-14(3)19(17)21-18(22)12-26-20(23)15-8-6-9-16(11-15)27(4,24)25/h5-11,13H,12H2,1-4H3,(H,21,22). The Balaban J connectivity index is 2.06. The van der Waals surface area contributed by atoms with Gasteiger partial charge in [-0.25, -0.2) is 13.2 Å². The molecule has 0 aliphatic carbocycles. The summed E-state index contributed by atoms with van der Waals surface area (Å²) in [7, 11) is -3.44. The molecule has 0 fully saturated rings. The van der Waals surface area contributed by atoms with Gasteiger partial charge in [-0.15, -0.1) is 0 Å². The Morgan fingerprint density at radius 3 is 2.41 bits per heavy atom. The van der Waals surface area contributed by atoms with Crippen LogP contribution in [0.5, 0.6) is 0 Å². The molecule has 0 saturated carbocycles. The quantitative estimate of drug-likeness (QED) is 0.766. The van der Waals surface area contributed by atoms with Crippen LogP contribution in [0.25, 0.3) is 0 Å². The molecule has 1 amide bonds. The molecular weight excluding hydrogens is 366 g/mol. The van der Waals surface area contributed by atoms with Crippen molar-refractivity contribution in [2.24, 2.45) is 0 Å². The molecule has 0 aromatic heterocycles. The van der Waals surface area contributed by atoms with Crippen LogP contribution in [0.3, 0.4) is 0 Å². The Morgan fingerprint density at radius 1 is 1.11 bits per heavy atom. The Bertz CT molecular complexity index is 964. The first-order valence-corrected chi connectivity index (χ1v) is 10.4. The number of carbonyl (C=O) groups is 2. The Labute approximate surface area is 159 Å². The first kappa shape index (κ1) is 20.6. The number of hydrogen-bond donors (Lipinski definition) is 1. The molecule has 27 heavy (non-hydrogen) atoms. The van der Waals surface area contributed by atoms with Crippen LogP contribution in [0, 0.1) is 6.92 Å². The topological polar surface area (TPSA) is 89.5 Å². The van der Waals surface area contributed by atoms with Gasteiger partial charge in [0, 0.05) is 11.9 Å². The van der Waals surface area contributed by atoms with Gasteiger partial charge in [0.25, 0.3) is 5.91 Å². The van der Waals surface area contributed by atoms with Gasteiger partial charge in [0.05, 0.1) is 10.5 Å². The van der Waals surface area contributed by atoms with Gasteiger partial charge in [0.15, 0.2) is 16.4 Å². The first-order chi connectivity index (χ1) is 12.6. The van der Waals surface area contributed by atoms with Gasteiger partial charge in [-0.2, -0.15) is 0 Å². The third kappa shape index (κ3) is 5.40. The van der Waals surface area contributed by atoms with E-state index >= 15 is 0 Å². The average Bonchev–Trinajstić information content (AvgIpc) is 2.60. The number of carbonyl (C=O) groups excluding carboxylic acids is 2. The number of anilines is 1. The number of aryl methyl sites for hydroxylation is 1. The molecule has 6 nitrogen and oxygen atoms in total. The van der Waals surface area contributed by atoms with Crippen LogP contribution in [0.1, 0.15) is 41.3 Å². The summed E-state index contributed by atoms with van der Waals surface area (Å²) in [6.45, 7) is 5.48. The lowest BCUT2D eigenvalue weighted by molar-refractivity contribution is -0.119. The van der Waals surface area contributed by atoms with E-state index in [-0.39, 0.29) is 16.4 Å². The van der Waals surface area contributed by atoms with E-state index in [1.807, 2.05) is 39.0 Å². The predicted molar refractivity (Wildman–Crippen MR) is 104 cm³/mol. The minimum Gasteiger partial charge on any atom is -0.452 e. The molecule has 0 saturated heterocycles. The lowest BCUT2D eigenvalue weighted by Gasteiger charge is -2.16. The number of amides is 1. The number of esters is 1. The van der Waals surface area contributed by atoms with E-state index < -0.39 is 28.3 Å². The second-order valence-electron chi connectivity index (χ2n) is 6.62. The largest absolute Gasteiger partial charge is 0.452 e. The van der Waals surface area contributed by atoms with E-state index in [1.165, 1.54) is 24.3 Å². The van der Waals surface area contributed by atoms with Gasteiger partial charge >= 0.3 is 5.97 Å². The van der Waals surface area contributed by atoms with E-state index in [2.05, 4.69) is 5.32 Å². The van der Waals surface area contributed by atoms with Crippen molar-refractivity contribution in [3.8, 4) is 0 Å². The molecule has 0 bridgehead atoms. The van der Waals surface area contributed by atoms with Crippen LogP contribution in [0.15, 0.2) is 47.4 Å².